The first kappa shape index (κ1) is 15.3. The van der Waals surface area contributed by atoms with Crippen LogP contribution in [-0.2, 0) is 4.74 Å². The number of pyridine rings is 1. The molecule has 0 saturated heterocycles. The number of hydrogen-bond donors (Lipinski definition) is 0. The number of hydrogen-bond acceptors (Lipinski definition) is 5. The summed E-state index contributed by atoms with van der Waals surface area (Å²) in [6.07, 6.45) is 0. The summed E-state index contributed by atoms with van der Waals surface area (Å²) >= 11 is 11.6. The molecular formula is C14H9Cl2NO4. The van der Waals surface area contributed by atoms with Crippen molar-refractivity contribution in [3.63, 3.8) is 0 Å². The van der Waals surface area contributed by atoms with Crippen molar-refractivity contribution < 1.29 is 19.1 Å². The molecule has 0 aliphatic heterocycles. The van der Waals surface area contributed by atoms with Gasteiger partial charge in [0.25, 0.3) is 0 Å². The highest BCUT2D eigenvalue weighted by atomic mass is 35.5. The lowest BCUT2D eigenvalue weighted by Gasteiger charge is -2.06. The molecule has 0 bridgehead atoms. The van der Waals surface area contributed by atoms with Gasteiger partial charge in [-0.1, -0.05) is 23.2 Å². The number of aromatic nitrogens is 1. The van der Waals surface area contributed by atoms with Gasteiger partial charge in [0.2, 0.25) is 0 Å². The van der Waals surface area contributed by atoms with Gasteiger partial charge in [0.1, 0.15) is 10.9 Å². The third-order valence-corrected chi connectivity index (χ3v) is 3.01. The second kappa shape index (κ2) is 6.56. The van der Waals surface area contributed by atoms with E-state index in [4.69, 9.17) is 27.9 Å². The van der Waals surface area contributed by atoms with Gasteiger partial charge in [-0.2, -0.15) is 0 Å². The summed E-state index contributed by atoms with van der Waals surface area (Å²) in [5, 5.41) is 0.267. The van der Waals surface area contributed by atoms with Crippen LogP contribution in [0.25, 0.3) is 0 Å². The standard InChI is InChI=1S/C14H9Cl2NO4/c1-20-13(18)8-2-4-9(5-3-8)21-14(19)12-10(15)6-7-11(16)17-12/h2-7H,1H3. The van der Waals surface area contributed by atoms with E-state index in [1.165, 1.54) is 43.5 Å². The Morgan fingerprint density at radius 2 is 1.67 bits per heavy atom. The normalized spacial score (nSPS) is 10.0. The highest BCUT2D eigenvalue weighted by Gasteiger charge is 2.16. The number of carbonyl (C=O) groups excluding carboxylic acids is 2. The number of rotatable bonds is 3. The quantitative estimate of drug-likeness (QED) is 0.491. The number of esters is 2. The van der Waals surface area contributed by atoms with E-state index in [9.17, 15) is 9.59 Å². The highest BCUT2D eigenvalue weighted by molar-refractivity contribution is 6.34. The molecule has 7 heteroatoms. The fraction of sp³-hybridized carbons (Fsp3) is 0.0714. The van der Waals surface area contributed by atoms with Crippen molar-refractivity contribution in [1.29, 1.82) is 0 Å². The van der Waals surface area contributed by atoms with Gasteiger partial charge in [0.15, 0.2) is 5.69 Å². The van der Waals surface area contributed by atoms with Crippen LogP contribution in [0.4, 0.5) is 0 Å². The van der Waals surface area contributed by atoms with E-state index >= 15 is 0 Å². The van der Waals surface area contributed by atoms with Crippen LogP contribution in [-0.4, -0.2) is 24.0 Å². The number of ether oxygens (including phenoxy) is 2. The van der Waals surface area contributed by atoms with Crippen molar-refractivity contribution in [2.45, 2.75) is 0 Å². The molecule has 2 aromatic rings. The third-order valence-electron chi connectivity index (χ3n) is 2.49. The van der Waals surface area contributed by atoms with Crippen LogP contribution < -0.4 is 4.74 Å². The van der Waals surface area contributed by atoms with E-state index in [0.717, 1.165) is 0 Å². The van der Waals surface area contributed by atoms with E-state index in [1.54, 1.807) is 0 Å². The van der Waals surface area contributed by atoms with Crippen LogP contribution in [0, 0.1) is 0 Å². The lowest BCUT2D eigenvalue weighted by atomic mass is 10.2. The van der Waals surface area contributed by atoms with Crippen molar-refractivity contribution in [2.75, 3.05) is 7.11 Å². The minimum absolute atomic E-state index is 0.0822. The van der Waals surface area contributed by atoms with E-state index in [-0.39, 0.29) is 21.6 Å². The topological polar surface area (TPSA) is 65.5 Å². The van der Waals surface area contributed by atoms with Gasteiger partial charge >= 0.3 is 11.9 Å². The summed E-state index contributed by atoms with van der Waals surface area (Å²) in [6.45, 7) is 0. The molecule has 0 spiro atoms. The Morgan fingerprint density at radius 3 is 2.29 bits per heavy atom. The van der Waals surface area contributed by atoms with Crippen molar-refractivity contribution >= 4 is 35.1 Å². The molecule has 5 nitrogen and oxygen atoms in total. The Kier molecular flexibility index (Phi) is 4.77. The Morgan fingerprint density at radius 1 is 1.00 bits per heavy atom. The molecule has 0 saturated carbocycles. The van der Waals surface area contributed by atoms with Crippen molar-refractivity contribution in [3.05, 3.63) is 57.8 Å². The SMILES string of the molecule is COC(=O)c1ccc(OC(=O)c2nc(Cl)ccc2Cl)cc1. The van der Waals surface area contributed by atoms with Crippen LogP contribution in [0.5, 0.6) is 5.75 Å². The second-order valence-corrected chi connectivity index (χ2v) is 4.66. The zero-order valence-electron chi connectivity index (χ0n) is 10.8. The first-order valence-electron chi connectivity index (χ1n) is 5.74. The molecule has 1 heterocycles. The molecular weight excluding hydrogens is 317 g/mol. The minimum Gasteiger partial charge on any atom is -0.465 e. The molecule has 0 atom stereocenters. The van der Waals surface area contributed by atoms with E-state index in [2.05, 4.69) is 9.72 Å². The molecule has 0 radical (unpaired) electrons. The first-order valence-corrected chi connectivity index (χ1v) is 6.49. The van der Waals surface area contributed by atoms with Crippen LogP contribution in [0.2, 0.25) is 10.2 Å². The minimum atomic E-state index is -0.742. The molecule has 0 unspecified atom stereocenters. The largest absolute Gasteiger partial charge is 0.465 e. The van der Waals surface area contributed by atoms with Gasteiger partial charge in [0.05, 0.1) is 17.7 Å². The lowest BCUT2D eigenvalue weighted by Crippen LogP contribution is -2.11. The maximum Gasteiger partial charge on any atom is 0.363 e. The Labute approximate surface area is 130 Å². The van der Waals surface area contributed by atoms with E-state index < -0.39 is 11.9 Å². The number of nitrogens with zero attached hydrogens (tertiary/aromatic N) is 1. The Bertz CT molecular complexity index is 686. The molecule has 1 aromatic heterocycles. The summed E-state index contributed by atoms with van der Waals surface area (Å²) in [7, 11) is 1.28. The lowest BCUT2D eigenvalue weighted by molar-refractivity contribution is 0.0600. The molecule has 0 amide bonds. The summed E-state index contributed by atoms with van der Waals surface area (Å²) < 4.78 is 9.67. The fourth-order valence-electron chi connectivity index (χ4n) is 1.49. The van der Waals surface area contributed by atoms with Gasteiger partial charge in [0, 0.05) is 0 Å². The highest BCUT2D eigenvalue weighted by Crippen LogP contribution is 2.20. The summed E-state index contributed by atoms with van der Waals surface area (Å²) in [4.78, 5) is 27.0. The maximum absolute atomic E-state index is 11.9. The molecule has 0 N–H and O–H groups in total. The molecule has 0 fully saturated rings. The van der Waals surface area contributed by atoms with Crippen molar-refractivity contribution in [1.82, 2.24) is 4.98 Å². The molecule has 0 aliphatic carbocycles. The molecule has 0 aliphatic rings. The summed E-state index contributed by atoms with van der Waals surface area (Å²) in [5.74, 6) is -0.980. The zero-order valence-corrected chi connectivity index (χ0v) is 12.3. The smallest absolute Gasteiger partial charge is 0.363 e. The van der Waals surface area contributed by atoms with Crippen LogP contribution in [0.15, 0.2) is 36.4 Å². The van der Waals surface area contributed by atoms with E-state index in [1.807, 2.05) is 0 Å². The predicted molar refractivity (Wildman–Crippen MR) is 77.0 cm³/mol. The Hall–Kier alpha value is -2.11. The van der Waals surface area contributed by atoms with Crippen LogP contribution in [0.1, 0.15) is 20.8 Å². The second-order valence-electron chi connectivity index (χ2n) is 3.87. The number of benzene rings is 1. The van der Waals surface area contributed by atoms with Crippen LogP contribution in [0.3, 0.4) is 0 Å². The maximum atomic E-state index is 11.9. The average Bonchev–Trinajstić information content (AvgIpc) is 2.49. The zero-order chi connectivity index (χ0) is 15.4. The molecule has 21 heavy (non-hydrogen) atoms. The first-order chi connectivity index (χ1) is 10.0. The number of halogens is 2. The fourth-order valence-corrected chi connectivity index (χ4v) is 1.82. The third kappa shape index (κ3) is 3.71. The summed E-state index contributed by atoms with van der Waals surface area (Å²) in [5.41, 5.74) is 0.262. The molecule has 2 rings (SSSR count). The van der Waals surface area contributed by atoms with Crippen LogP contribution >= 0.6 is 23.2 Å². The van der Waals surface area contributed by atoms with Gasteiger partial charge in [-0.05, 0) is 36.4 Å². The predicted octanol–water partition coefficient (Wildman–Crippen LogP) is 3.39. The van der Waals surface area contributed by atoms with Crippen molar-refractivity contribution in [3.8, 4) is 5.75 Å². The number of carbonyl (C=O) groups is 2. The number of methoxy groups -OCH3 is 1. The summed E-state index contributed by atoms with van der Waals surface area (Å²) in [6, 6.07) is 8.79. The van der Waals surface area contributed by atoms with Gasteiger partial charge < -0.3 is 9.47 Å². The van der Waals surface area contributed by atoms with Crippen molar-refractivity contribution in [2.24, 2.45) is 0 Å². The molecule has 108 valence electrons. The van der Waals surface area contributed by atoms with Gasteiger partial charge in [-0.15, -0.1) is 0 Å². The monoisotopic (exact) mass is 325 g/mol. The molecule has 1 aromatic carbocycles. The average molecular weight is 326 g/mol. The van der Waals surface area contributed by atoms with E-state index in [0.29, 0.717) is 5.56 Å². The van der Waals surface area contributed by atoms with Gasteiger partial charge in [-0.25, -0.2) is 14.6 Å². The van der Waals surface area contributed by atoms with Gasteiger partial charge in [-0.3, -0.25) is 0 Å². The Balaban J connectivity index is 2.16.